The smallest absolute Gasteiger partial charge is 0.410 e. The van der Waals surface area contributed by atoms with Crippen LogP contribution in [0.1, 0.15) is 32.6 Å². The van der Waals surface area contributed by atoms with E-state index in [4.69, 9.17) is 4.74 Å². The number of carbonyl (C=O) groups is 2. The molecule has 0 aromatic heterocycles. The number of amides is 2. The largest absolute Gasteiger partial charge is 0.447 e. The van der Waals surface area contributed by atoms with Crippen LogP contribution in [-0.4, -0.2) is 54.1 Å². The SMILES string of the molecule is CCC1CCCCN1C(=O)C1COC(=O)N1C. The highest BCUT2D eigenvalue weighted by Crippen LogP contribution is 2.22. The molecule has 2 rings (SSSR count). The van der Waals surface area contributed by atoms with Gasteiger partial charge in [0.2, 0.25) is 5.91 Å². The van der Waals surface area contributed by atoms with Crippen LogP contribution in [0.2, 0.25) is 0 Å². The molecule has 0 N–H and O–H groups in total. The van der Waals surface area contributed by atoms with Crippen LogP contribution in [0, 0.1) is 0 Å². The van der Waals surface area contributed by atoms with Crippen LogP contribution < -0.4 is 0 Å². The highest BCUT2D eigenvalue weighted by molar-refractivity contribution is 5.88. The summed E-state index contributed by atoms with van der Waals surface area (Å²) in [4.78, 5) is 27.0. The van der Waals surface area contributed by atoms with Crippen molar-refractivity contribution in [1.82, 2.24) is 9.80 Å². The van der Waals surface area contributed by atoms with Gasteiger partial charge in [0.1, 0.15) is 12.6 Å². The molecule has 5 nitrogen and oxygen atoms in total. The van der Waals surface area contributed by atoms with Crippen LogP contribution in [0.25, 0.3) is 0 Å². The number of piperidine rings is 1. The van der Waals surface area contributed by atoms with Crippen molar-refractivity contribution in [3.8, 4) is 0 Å². The fourth-order valence-corrected chi connectivity index (χ4v) is 2.63. The summed E-state index contributed by atoms with van der Waals surface area (Å²) in [6.45, 7) is 3.12. The first-order valence-electron chi connectivity index (χ1n) is 6.35. The summed E-state index contributed by atoms with van der Waals surface area (Å²) in [5.74, 6) is 0.0462. The van der Waals surface area contributed by atoms with Crippen molar-refractivity contribution < 1.29 is 14.3 Å². The van der Waals surface area contributed by atoms with E-state index in [1.807, 2.05) is 4.90 Å². The number of cyclic esters (lactones) is 1. The first-order chi connectivity index (χ1) is 8.15. The van der Waals surface area contributed by atoms with Crippen molar-refractivity contribution >= 4 is 12.0 Å². The monoisotopic (exact) mass is 240 g/mol. The zero-order valence-corrected chi connectivity index (χ0v) is 10.5. The van der Waals surface area contributed by atoms with Gasteiger partial charge in [0.15, 0.2) is 0 Å². The topological polar surface area (TPSA) is 49.9 Å². The molecule has 5 heteroatoms. The number of ether oxygens (including phenoxy) is 1. The van der Waals surface area contributed by atoms with Gasteiger partial charge >= 0.3 is 6.09 Å². The standard InChI is InChI=1S/C12H20N2O3/c1-3-9-6-4-5-7-14(9)11(15)10-8-17-12(16)13(10)2/h9-10H,3-8H2,1-2H3. The van der Waals surface area contributed by atoms with E-state index >= 15 is 0 Å². The van der Waals surface area contributed by atoms with E-state index in [2.05, 4.69) is 6.92 Å². The summed E-state index contributed by atoms with van der Waals surface area (Å²) in [6.07, 6.45) is 3.92. The number of nitrogens with zero attached hydrogens (tertiary/aromatic N) is 2. The Kier molecular flexibility index (Phi) is 3.54. The number of rotatable bonds is 2. The summed E-state index contributed by atoms with van der Waals surface area (Å²) in [5.41, 5.74) is 0. The summed E-state index contributed by atoms with van der Waals surface area (Å²) in [6, 6.07) is -0.0880. The molecule has 2 saturated heterocycles. The Balaban J connectivity index is 2.05. The van der Waals surface area contributed by atoms with Crippen molar-refractivity contribution in [1.29, 1.82) is 0 Å². The summed E-state index contributed by atoms with van der Waals surface area (Å²) in [7, 11) is 1.63. The van der Waals surface area contributed by atoms with E-state index in [0.717, 1.165) is 25.8 Å². The van der Waals surface area contributed by atoms with Gasteiger partial charge in [0.05, 0.1) is 0 Å². The number of hydrogen-bond acceptors (Lipinski definition) is 3. The van der Waals surface area contributed by atoms with Crippen molar-refractivity contribution in [2.45, 2.75) is 44.7 Å². The van der Waals surface area contributed by atoms with E-state index in [0.29, 0.717) is 6.04 Å². The summed E-state index contributed by atoms with van der Waals surface area (Å²) in [5, 5.41) is 0. The van der Waals surface area contributed by atoms with Gasteiger partial charge in [-0.2, -0.15) is 0 Å². The van der Waals surface area contributed by atoms with E-state index in [1.54, 1.807) is 7.05 Å². The Morgan fingerprint density at radius 1 is 1.47 bits per heavy atom. The fraction of sp³-hybridized carbons (Fsp3) is 0.833. The zero-order valence-electron chi connectivity index (χ0n) is 10.5. The molecule has 2 heterocycles. The number of likely N-dealkylation sites (tertiary alicyclic amines) is 1. The van der Waals surface area contributed by atoms with Crippen molar-refractivity contribution in [2.24, 2.45) is 0 Å². The molecule has 2 aliphatic heterocycles. The first kappa shape index (κ1) is 12.2. The van der Waals surface area contributed by atoms with Gasteiger partial charge in [-0.25, -0.2) is 4.79 Å². The van der Waals surface area contributed by atoms with Crippen LogP contribution in [-0.2, 0) is 9.53 Å². The van der Waals surface area contributed by atoms with Gasteiger partial charge in [-0.3, -0.25) is 9.69 Å². The second-order valence-corrected chi connectivity index (χ2v) is 4.79. The Morgan fingerprint density at radius 3 is 2.82 bits per heavy atom. The Hall–Kier alpha value is -1.26. The number of carbonyl (C=O) groups excluding carboxylic acids is 2. The molecule has 0 spiro atoms. The Morgan fingerprint density at radius 2 is 2.24 bits per heavy atom. The molecule has 2 atom stereocenters. The lowest BCUT2D eigenvalue weighted by Crippen LogP contribution is -2.51. The van der Waals surface area contributed by atoms with Crippen LogP contribution in [0.15, 0.2) is 0 Å². The lowest BCUT2D eigenvalue weighted by atomic mass is 9.99. The number of likely N-dealkylation sites (N-methyl/N-ethyl adjacent to an activating group) is 1. The third-order valence-corrected chi connectivity index (χ3v) is 3.79. The van der Waals surface area contributed by atoms with Crippen molar-refractivity contribution in [3.63, 3.8) is 0 Å². The van der Waals surface area contributed by atoms with Gasteiger partial charge in [0, 0.05) is 19.6 Å². The highest BCUT2D eigenvalue weighted by Gasteiger charge is 2.39. The average molecular weight is 240 g/mol. The second-order valence-electron chi connectivity index (χ2n) is 4.79. The quantitative estimate of drug-likeness (QED) is 0.729. The van der Waals surface area contributed by atoms with Crippen LogP contribution >= 0.6 is 0 Å². The fourth-order valence-electron chi connectivity index (χ4n) is 2.63. The van der Waals surface area contributed by atoms with Crippen LogP contribution in [0.4, 0.5) is 4.79 Å². The van der Waals surface area contributed by atoms with Crippen molar-refractivity contribution in [2.75, 3.05) is 20.2 Å². The Bertz CT molecular complexity index is 319. The number of hydrogen-bond donors (Lipinski definition) is 0. The predicted octanol–water partition coefficient (Wildman–Crippen LogP) is 1.23. The van der Waals surface area contributed by atoms with E-state index in [-0.39, 0.29) is 12.5 Å². The summed E-state index contributed by atoms with van der Waals surface area (Å²) >= 11 is 0. The lowest BCUT2D eigenvalue weighted by Gasteiger charge is -2.37. The molecule has 2 amide bonds. The minimum atomic E-state index is -0.422. The third kappa shape index (κ3) is 2.23. The van der Waals surface area contributed by atoms with Gasteiger partial charge in [-0.15, -0.1) is 0 Å². The van der Waals surface area contributed by atoms with Crippen LogP contribution in [0.3, 0.4) is 0 Å². The molecule has 0 aromatic rings. The van der Waals surface area contributed by atoms with E-state index < -0.39 is 12.1 Å². The molecule has 0 aliphatic carbocycles. The molecule has 0 aromatic carbocycles. The predicted molar refractivity (Wildman–Crippen MR) is 62.5 cm³/mol. The highest BCUT2D eigenvalue weighted by atomic mass is 16.6. The van der Waals surface area contributed by atoms with E-state index in [1.165, 1.54) is 11.3 Å². The summed E-state index contributed by atoms with van der Waals surface area (Å²) < 4.78 is 4.90. The van der Waals surface area contributed by atoms with E-state index in [9.17, 15) is 9.59 Å². The minimum Gasteiger partial charge on any atom is -0.447 e. The average Bonchev–Trinajstić information content (AvgIpc) is 2.69. The van der Waals surface area contributed by atoms with Crippen LogP contribution in [0.5, 0.6) is 0 Å². The maximum atomic E-state index is 12.4. The van der Waals surface area contributed by atoms with Crippen molar-refractivity contribution in [3.05, 3.63) is 0 Å². The molecule has 96 valence electrons. The minimum absolute atomic E-state index is 0.0462. The third-order valence-electron chi connectivity index (χ3n) is 3.79. The molecular weight excluding hydrogens is 220 g/mol. The van der Waals surface area contributed by atoms with Gasteiger partial charge in [0.25, 0.3) is 0 Å². The normalized spacial score (nSPS) is 29.4. The van der Waals surface area contributed by atoms with Gasteiger partial charge < -0.3 is 9.64 Å². The molecule has 0 radical (unpaired) electrons. The molecule has 2 unspecified atom stereocenters. The molecule has 2 aliphatic rings. The second kappa shape index (κ2) is 4.94. The maximum Gasteiger partial charge on any atom is 0.410 e. The molecule has 0 bridgehead atoms. The maximum absolute atomic E-state index is 12.4. The van der Waals surface area contributed by atoms with Gasteiger partial charge in [-0.05, 0) is 25.7 Å². The molecular formula is C12H20N2O3. The molecule has 2 fully saturated rings. The zero-order chi connectivity index (χ0) is 12.4. The first-order valence-corrected chi connectivity index (χ1v) is 6.35. The Labute approximate surface area is 102 Å². The molecule has 17 heavy (non-hydrogen) atoms. The van der Waals surface area contributed by atoms with Gasteiger partial charge in [-0.1, -0.05) is 6.92 Å². The lowest BCUT2D eigenvalue weighted by molar-refractivity contribution is -0.138. The molecule has 0 saturated carbocycles.